The molecule has 1 N–H and O–H groups in total. The van der Waals surface area contributed by atoms with E-state index < -0.39 is 0 Å². The lowest BCUT2D eigenvalue weighted by Gasteiger charge is -2.47. The van der Waals surface area contributed by atoms with Gasteiger partial charge in [-0.05, 0) is 39.3 Å². The van der Waals surface area contributed by atoms with Crippen LogP contribution in [0.4, 0.5) is 0 Å². The summed E-state index contributed by atoms with van der Waals surface area (Å²) in [6.07, 6.45) is 4.38. The van der Waals surface area contributed by atoms with Crippen LogP contribution in [0.2, 0.25) is 0 Å². The van der Waals surface area contributed by atoms with Crippen molar-refractivity contribution in [1.82, 2.24) is 10.2 Å². The molecule has 1 saturated heterocycles. The van der Waals surface area contributed by atoms with Gasteiger partial charge in [-0.2, -0.15) is 0 Å². The third-order valence-corrected chi connectivity index (χ3v) is 5.13. The van der Waals surface area contributed by atoms with E-state index in [9.17, 15) is 0 Å². The van der Waals surface area contributed by atoms with Crippen LogP contribution in [0, 0.1) is 5.92 Å². The molecule has 1 aliphatic carbocycles. The van der Waals surface area contributed by atoms with E-state index in [1.54, 1.807) is 0 Å². The highest BCUT2D eigenvalue weighted by atomic mass is 16.7. The van der Waals surface area contributed by atoms with Gasteiger partial charge in [-0.25, -0.2) is 0 Å². The number of hydrogen-bond donors (Lipinski definition) is 1. The summed E-state index contributed by atoms with van der Waals surface area (Å²) < 4.78 is 11.9. The molecule has 0 radical (unpaired) electrons. The van der Waals surface area contributed by atoms with Gasteiger partial charge in [-0.3, -0.25) is 4.90 Å². The van der Waals surface area contributed by atoms with E-state index >= 15 is 0 Å². The van der Waals surface area contributed by atoms with Crippen molar-refractivity contribution in [2.75, 3.05) is 26.8 Å². The molecule has 2 rings (SSSR count). The Morgan fingerprint density at radius 1 is 1.24 bits per heavy atom. The van der Waals surface area contributed by atoms with Crippen LogP contribution < -0.4 is 5.32 Å². The number of ether oxygens (including phenoxy) is 2. The zero-order valence-corrected chi connectivity index (χ0v) is 14.5. The highest BCUT2D eigenvalue weighted by Crippen LogP contribution is 2.38. The Hall–Kier alpha value is -0.160. The van der Waals surface area contributed by atoms with Crippen molar-refractivity contribution in [3.63, 3.8) is 0 Å². The standard InChI is InChI=1S/C17H34N2O2/c1-6-18-15-7-8-17(20-9-10-21-17)12-16(15)19(5)14(4)11-13(2)3/h13-16,18H,6-12H2,1-5H3. The van der Waals surface area contributed by atoms with Crippen LogP contribution in [0.5, 0.6) is 0 Å². The number of likely N-dealkylation sites (N-methyl/N-ethyl adjacent to an activating group) is 2. The quantitative estimate of drug-likeness (QED) is 0.817. The fraction of sp³-hybridized carbons (Fsp3) is 1.00. The second-order valence-electron chi connectivity index (χ2n) is 7.23. The maximum atomic E-state index is 5.97. The summed E-state index contributed by atoms with van der Waals surface area (Å²) in [4.78, 5) is 2.55. The normalized spacial score (nSPS) is 30.4. The maximum absolute atomic E-state index is 5.97. The molecule has 3 unspecified atom stereocenters. The van der Waals surface area contributed by atoms with Gasteiger partial charge in [0, 0.05) is 31.0 Å². The molecule has 2 aliphatic rings. The Morgan fingerprint density at radius 3 is 2.48 bits per heavy atom. The van der Waals surface area contributed by atoms with Crippen molar-refractivity contribution in [1.29, 1.82) is 0 Å². The molecule has 0 aromatic carbocycles. The molecule has 0 aromatic rings. The first-order valence-electron chi connectivity index (χ1n) is 8.70. The molecule has 4 heteroatoms. The predicted molar refractivity (Wildman–Crippen MR) is 86.4 cm³/mol. The summed E-state index contributed by atoms with van der Waals surface area (Å²) in [5.41, 5.74) is 0. The lowest BCUT2D eigenvalue weighted by molar-refractivity contribution is -0.194. The van der Waals surface area contributed by atoms with E-state index in [2.05, 4.69) is 45.0 Å². The van der Waals surface area contributed by atoms with E-state index in [0.717, 1.165) is 44.9 Å². The minimum atomic E-state index is -0.303. The predicted octanol–water partition coefficient (Wildman–Crippen LogP) is 2.63. The molecule has 3 atom stereocenters. The average molecular weight is 298 g/mol. The summed E-state index contributed by atoms with van der Waals surface area (Å²) in [6.45, 7) is 11.7. The van der Waals surface area contributed by atoms with Crippen molar-refractivity contribution in [2.45, 2.75) is 77.3 Å². The van der Waals surface area contributed by atoms with Crippen molar-refractivity contribution < 1.29 is 9.47 Å². The molecule has 0 aromatic heterocycles. The molecule has 124 valence electrons. The van der Waals surface area contributed by atoms with Gasteiger partial charge in [0.15, 0.2) is 5.79 Å². The van der Waals surface area contributed by atoms with E-state index in [0.29, 0.717) is 18.1 Å². The van der Waals surface area contributed by atoms with Crippen molar-refractivity contribution >= 4 is 0 Å². The molecule has 21 heavy (non-hydrogen) atoms. The Bertz CT molecular complexity index is 316. The first kappa shape index (κ1) is 17.2. The summed E-state index contributed by atoms with van der Waals surface area (Å²) in [6, 6.07) is 1.63. The summed E-state index contributed by atoms with van der Waals surface area (Å²) in [5, 5.41) is 3.68. The van der Waals surface area contributed by atoms with Crippen LogP contribution in [0.25, 0.3) is 0 Å². The van der Waals surface area contributed by atoms with Crippen molar-refractivity contribution in [3.05, 3.63) is 0 Å². The first-order chi connectivity index (χ1) is 9.97. The Morgan fingerprint density at radius 2 is 1.90 bits per heavy atom. The largest absolute Gasteiger partial charge is 0.347 e. The molecular weight excluding hydrogens is 264 g/mol. The zero-order valence-electron chi connectivity index (χ0n) is 14.5. The number of rotatable bonds is 6. The third-order valence-electron chi connectivity index (χ3n) is 5.13. The molecule has 1 aliphatic heterocycles. The van der Waals surface area contributed by atoms with Gasteiger partial charge in [0.1, 0.15) is 0 Å². The zero-order chi connectivity index (χ0) is 15.5. The van der Waals surface area contributed by atoms with E-state index in [-0.39, 0.29) is 5.79 Å². The van der Waals surface area contributed by atoms with Gasteiger partial charge < -0.3 is 14.8 Å². The maximum Gasteiger partial charge on any atom is 0.170 e. The highest BCUT2D eigenvalue weighted by Gasteiger charge is 2.46. The lowest BCUT2D eigenvalue weighted by Crippen LogP contribution is -2.58. The molecule has 2 fully saturated rings. The fourth-order valence-electron chi connectivity index (χ4n) is 3.99. The molecule has 0 bridgehead atoms. The van der Waals surface area contributed by atoms with Gasteiger partial charge in [-0.1, -0.05) is 20.8 Å². The molecule has 1 saturated carbocycles. The first-order valence-corrected chi connectivity index (χ1v) is 8.70. The van der Waals surface area contributed by atoms with Gasteiger partial charge in [0.2, 0.25) is 0 Å². The van der Waals surface area contributed by atoms with Gasteiger partial charge >= 0.3 is 0 Å². The number of nitrogens with one attached hydrogen (secondary N) is 1. The lowest BCUT2D eigenvalue weighted by atomic mass is 9.83. The number of nitrogens with zero attached hydrogens (tertiary/aromatic N) is 1. The van der Waals surface area contributed by atoms with Crippen LogP contribution in [0.3, 0.4) is 0 Å². The highest BCUT2D eigenvalue weighted by molar-refractivity contribution is 4.96. The molecule has 4 nitrogen and oxygen atoms in total. The van der Waals surface area contributed by atoms with Crippen molar-refractivity contribution in [3.8, 4) is 0 Å². The van der Waals surface area contributed by atoms with E-state index in [1.165, 1.54) is 6.42 Å². The summed E-state index contributed by atoms with van der Waals surface area (Å²) >= 11 is 0. The molecule has 1 spiro atoms. The fourth-order valence-corrected chi connectivity index (χ4v) is 3.99. The van der Waals surface area contributed by atoms with Gasteiger partial charge in [0.25, 0.3) is 0 Å². The molecule has 0 amide bonds. The Kier molecular flexibility index (Phi) is 6.06. The van der Waals surface area contributed by atoms with Crippen molar-refractivity contribution in [2.24, 2.45) is 5.92 Å². The summed E-state index contributed by atoms with van der Waals surface area (Å²) in [7, 11) is 2.27. The van der Waals surface area contributed by atoms with Crippen LogP contribution in [-0.4, -0.2) is 55.6 Å². The Labute approximate surface area is 130 Å². The van der Waals surface area contributed by atoms with Crippen LogP contribution in [0.1, 0.15) is 53.4 Å². The molecule has 1 heterocycles. The second-order valence-corrected chi connectivity index (χ2v) is 7.23. The summed E-state index contributed by atoms with van der Waals surface area (Å²) in [5.74, 6) is 0.430. The van der Waals surface area contributed by atoms with Crippen LogP contribution >= 0.6 is 0 Å². The van der Waals surface area contributed by atoms with E-state index in [4.69, 9.17) is 9.47 Å². The average Bonchev–Trinajstić information content (AvgIpc) is 2.88. The van der Waals surface area contributed by atoms with E-state index in [1.807, 2.05) is 0 Å². The smallest absolute Gasteiger partial charge is 0.170 e. The SMILES string of the molecule is CCNC1CCC2(CC1N(C)C(C)CC(C)C)OCCO2. The topological polar surface area (TPSA) is 33.7 Å². The van der Waals surface area contributed by atoms with Gasteiger partial charge in [-0.15, -0.1) is 0 Å². The minimum absolute atomic E-state index is 0.303. The Balaban J connectivity index is 2.05. The number of hydrogen-bond acceptors (Lipinski definition) is 4. The minimum Gasteiger partial charge on any atom is -0.347 e. The van der Waals surface area contributed by atoms with Crippen LogP contribution in [0.15, 0.2) is 0 Å². The van der Waals surface area contributed by atoms with Crippen LogP contribution in [-0.2, 0) is 9.47 Å². The third kappa shape index (κ3) is 4.19. The van der Waals surface area contributed by atoms with Gasteiger partial charge in [0.05, 0.1) is 13.2 Å². The molecular formula is C17H34N2O2. The second kappa shape index (κ2) is 7.40. The monoisotopic (exact) mass is 298 g/mol.